The van der Waals surface area contributed by atoms with E-state index in [-0.39, 0.29) is 5.91 Å². The second-order valence-corrected chi connectivity index (χ2v) is 5.02. The van der Waals surface area contributed by atoms with Crippen LogP contribution >= 0.6 is 0 Å². The number of rotatable bonds is 4. The number of hydrogen-bond acceptors (Lipinski definition) is 4. The molecule has 0 saturated heterocycles. The number of amides is 1. The maximum Gasteiger partial charge on any atom is 0.232 e. The minimum absolute atomic E-state index is 0.0599. The molecule has 2 heterocycles. The molecule has 0 aliphatic carbocycles. The van der Waals surface area contributed by atoms with Gasteiger partial charge in [0.25, 0.3) is 0 Å². The van der Waals surface area contributed by atoms with E-state index in [1.54, 1.807) is 12.0 Å². The smallest absolute Gasteiger partial charge is 0.232 e. The van der Waals surface area contributed by atoms with Crippen LogP contribution in [-0.4, -0.2) is 36.1 Å². The topological polar surface area (TPSA) is 55.3 Å². The molecule has 0 bridgehead atoms. The van der Waals surface area contributed by atoms with Gasteiger partial charge in [0, 0.05) is 23.9 Å². The molecule has 0 saturated carbocycles. The molecule has 1 amide bonds. The van der Waals surface area contributed by atoms with Crippen molar-refractivity contribution in [1.82, 2.24) is 9.97 Å². The normalized spacial score (nSPS) is 13.6. The van der Waals surface area contributed by atoms with Crippen LogP contribution in [0, 0.1) is 6.92 Å². The number of fused-ring (bicyclic) bond motifs is 1. The van der Waals surface area contributed by atoms with Gasteiger partial charge in [0.2, 0.25) is 5.91 Å². The maximum atomic E-state index is 12.1. The summed E-state index contributed by atoms with van der Waals surface area (Å²) in [6.45, 7) is 2.95. The van der Waals surface area contributed by atoms with Gasteiger partial charge >= 0.3 is 0 Å². The summed E-state index contributed by atoms with van der Waals surface area (Å²) in [5.41, 5.74) is 2.75. The Balaban J connectivity index is 2.04. The lowest BCUT2D eigenvalue weighted by Crippen LogP contribution is -2.30. The number of carbonyl (C=O) groups is 1. The van der Waals surface area contributed by atoms with Crippen molar-refractivity contribution in [3.05, 3.63) is 41.6 Å². The molecule has 108 valence electrons. The Labute approximate surface area is 123 Å². The van der Waals surface area contributed by atoms with E-state index in [1.165, 1.54) is 0 Å². The predicted molar refractivity (Wildman–Crippen MR) is 80.1 cm³/mol. The second kappa shape index (κ2) is 5.61. The molecule has 0 atom stereocenters. The van der Waals surface area contributed by atoms with Gasteiger partial charge in [-0.3, -0.25) is 9.69 Å². The fourth-order valence-corrected chi connectivity index (χ4v) is 2.51. The molecular formula is C16H17N3O2. The first-order valence-electron chi connectivity index (χ1n) is 6.93. The summed E-state index contributed by atoms with van der Waals surface area (Å²) in [6, 6.07) is 9.80. The first-order chi connectivity index (χ1) is 10.2. The third kappa shape index (κ3) is 2.52. The minimum atomic E-state index is 0.0599. The Morgan fingerprint density at radius 2 is 2.00 bits per heavy atom. The monoisotopic (exact) mass is 283 g/mol. The van der Waals surface area contributed by atoms with Gasteiger partial charge in [-0.2, -0.15) is 0 Å². The van der Waals surface area contributed by atoms with E-state index in [0.717, 1.165) is 22.6 Å². The molecule has 1 aromatic carbocycles. The van der Waals surface area contributed by atoms with Crippen molar-refractivity contribution in [2.45, 2.75) is 13.3 Å². The Morgan fingerprint density at radius 1 is 1.24 bits per heavy atom. The Hall–Kier alpha value is -2.27. The van der Waals surface area contributed by atoms with Gasteiger partial charge in [0.05, 0.1) is 19.6 Å². The van der Waals surface area contributed by atoms with Gasteiger partial charge in [-0.25, -0.2) is 9.97 Å². The lowest BCUT2D eigenvalue weighted by Gasteiger charge is -2.16. The third-order valence-electron chi connectivity index (χ3n) is 3.63. The van der Waals surface area contributed by atoms with E-state index in [1.807, 2.05) is 37.3 Å². The van der Waals surface area contributed by atoms with Crippen LogP contribution in [0.2, 0.25) is 0 Å². The number of anilines is 1. The second-order valence-electron chi connectivity index (χ2n) is 5.02. The van der Waals surface area contributed by atoms with Crippen LogP contribution in [0.3, 0.4) is 0 Å². The molecule has 2 aromatic rings. The molecule has 0 N–H and O–H groups in total. The van der Waals surface area contributed by atoms with Gasteiger partial charge in [0.15, 0.2) is 5.82 Å². The van der Waals surface area contributed by atoms with Crippen LogP contribution in [0.1, 0.15) is 11.3 Å². The molecule has 21 heavy (non-hydrogen) atoms. The number of nitrogens with zero attached hydrogens (tertiary/aromatic N) is 3. The number of aromatic nitrogens is 2. The summed E-state index contributed by atoms with van der Waals surface area (Å²) in [4.78, 5) is 23.0. The lowest BCUT2D eigenvalue weighted by atomic mass is 10.1. The van der Waals surface area contributed by atoms with E-state index in [4.69, 9.17) is 4.74 Å². The largest absolute Gasteiger partial charge is 0.383 e. The number of carbonyl (C=O) groups excluding carboxylic acids is 1. The van der Waals surface area contributed by atoms with E-state index in [2.05, 4.69) is 9.97 Å². The first-order valence-corrected chi connectivity index (χ1v) is 6.93. The zero-order valence-corrected chi connectivity index (χ0v) is 12.2. The van der Waals surface area contributed by atoms with E-state index in [9.17, 15) is 4.79 Å². The highest BCUT2D eigenvalue weighted by molar-refractivity contribution is 6.00. The highest BCUT2D eigenvalue weighted by Crippen LogP contribution is 2.30. The number of methoxy groups -OCH3 is 1. The molecule has 0 unspecified atom stereocenters. The van der Waals surface area contributed by atoms with Crippen molar-refractivity contribution < 1.29 is 9.53 Å². The third-order valence-corrected chi connectivity index (χ3v) is 3.63. The SMILES string of the molecule is COCCN1C(=O)Cc2c(C)nc(-c3ccccc3)nc21. The van der Waals surface area contributed by atoms with Crippen molar-refractivity contribution >= 4 is 11.7 Å². The highest BCUT2D eigenvalue weighted by atomic mass is 16.5. The van der Waals surface area contributed by atoms with Crippen molar-refractivity contribution in [2.75, 3.05) is 25.2 Å². The predicted octanol–water partition coefficient (Wildman–Crippen LogP) is 1.99. The summed E-state index contributed by atoms with van der Waals surface area (Å²) >= 11 is 0. The van der Waals surface area contributed by atoms with Gasteiger partial charge in [-0.05, 0) is 6.92 Å². The van der Waals surface area contributed by atoms with E-state index < -0.39 is 0 Å². The quantitative estimate of drug-likeness (QED) is 0.861. The molecule has 0 fully saturated rings. The first kappa shape index (κ1) is 13.7. The summed E-state index contributed by atoms with van der Waals surface area (Å²) in [5.74, 6) is 1.44. The zero-order chi connectivity index (χ0) is 14.8. The van der Waals surface area contributed by atoms with Gasteiger partial charge < -0.3 is 4.74 Å². The van der Waals surface area contributed by atoms with Crippen LogP contribution < -0.4 is 4.90 Å². The van der Waals surface area contributed by atoms with Gasteiger partial charge in [-0.15, -0.1) is 0 Å². The molecule has 1 aliphatic rings. The molecule has 5 heteroatoms. The average Bonchev–Trinajstić information content (AvgIpc) is 2.82. The molecule has 3 rings (SSSR count). The lowest BCUT2D eigenvalue weighted by molar-refractivity contribution is -0.117. The highest BCUT2D eigenvalue weighted by Gasteiger charge is 2.31. The standard InChI is InChI=1S/C16H17N3O2/c1-11-13-10-14(20)19(8-9-21-2)16(13)18-15(17-11)12-6-4-3-5-7-12/h3-7H,8-10H2,1-2H3. The fraction of sp³-hybridized carbons (Fsp3) is 0.312. The number of ether oxygens (including phenoxy) is 1. The van der Waals surface area contributed by atoms with E-state index >= 15 is 0 Å². The molecule has 5 nitrogen and oxygen atoms in total. The summed E-state index contributed by atoms with van der Waals surface area (Å²) in [7, 11) is 1.63. The average molecular weight is 283 g/mol. The minimum Gasteiger partial charge on any atom is -0.383 e. The van der Waals surface area contributed by atoms with Crippen molar-refractivity contribution in [3.63, 3.8) is 0 Å². The maximum absolute atomic E-state index is 12.1. The molecule has 0 spiro atoms. The van der Waals surface area contributed by atoms with Crippen LogP contribution in [-0.2, 0) is 16.0 Å². The molecular weight excluding hydrogens is 266 g/mol. The molecule has 0 radical (unpaired) electrons. The van der Waals surface area contributed by atoms with Crippen molar-refractivity contribution in [2.24, 2.45) is 0 Å². The molecule has 1 aliphatic heterocycles. The van der Waals surface area contributed by atoms with Crippen molar-refractivity contribution in [1.29, 1.82) is 0 Å². The van der Waals surface area contributed by atoms with Crippen LogP contribution in [0.4, 0.5) is 5.82 Å². The summed E-state index contributed by atoms with van der Waals surface area (Å²) < 4.78 is 5.07. The Bertz CT molecular complexity index is 671. The van der Waals surface area contributed by atoms with Gasteiger partial charge in [-0.1, -0.05) is 30.3 Å². The summed E-state index contributed by atoms with van der Waals surface area (Å²) in [6.07, 6.45) is 0.375. The Morgan fingerprint density at radius 3 is 2.71 bits per heavy atom. The van der Waals surface area contributed by atoms with Gasteiger partial charge in [0.1, 0.15) is 5.82 Å². The van der Waals surface area contributed by atoms with E-state index in [0.29, 0.717) is 25.4 Å². The zero-order valence-electron chi connectivity index (χ0n) is 12.2. The van der Waals surface area contributed by atoms with Crippen LogP contribution in [0.25, 0.3) is 11.4 Å². The Kier molecular flexibility index (Phi) is 3.66. The number of aryl methyl sites for hydroxylation is 1. The number of hydrogen-bond donors (Lipinski definition) is 0. The van der Waals surface area contributed by atoms with Crippen molar-refractivity contribution in [3.8, 4) is 11.4 Å². The molecule has 1 aromatic heterocycles. The van der Waals surface area contributed by atoms with Crippen LogP contribution in [0.5, 0.6) is 0 Å². The fourth-order valence-electron chi connectivity index (χ4n) is 2.51. The van der Waals surface area contributed by atoms with Crippen LogP contribution in [0.15, 0.2) is 30.3 Å². The summed E-state index contributed by atoms with van der Waals surface area (Å²) in [5, 5.41) is 0. The number of benzene rings is 1.